The summed E-state index contributed by atoms with van der Waals surface area (Å²) in [6.45, 7) is 0.314. The lowest BCUT2D eigenvalue weighted by molar-refractivity contribution is -0.137. The fourth-order valence-corrected chi connectivity index (χ4v) is 5.15. The Hall–Kier alpha value is -3.59. The highest BCUT2D eigenvalue weighted by Gasteiger charge is 2.21. The van der Waals surface area contributed by atoms with Crippen molar-refractivity contribution >= 4 is 41.8 Å². The number of nitrogens with one attached hydrogen (secondary N) is 5. The van der Waals surface area contributed by atoms with Gasteiger partial charge in [-0.1, -0.05) is 77.0 Å². The predicted octanol–water partition coefficient (Wildman–Crippen LogP) is 1.76. The maximum atomic E-state index is 12.3. The highest BCUT2D eigenvalue weighted by Crippen LogP contribution is 2.14. The highest BCUT2D eigenvalue weighted by atomic mass is 16.4. The lowest BCUT2D eigenvalue weighted by Gasteiger charge is -2.18. The summed E-state index contributed by atoms with van der Waals surface area (Å²) in [6.07, 6.45) is 17.8. The summed E-state index contributed by atoms with van der Waals surface area (Å²) >= 11 is 0. The summed E-state index contributed by atoms with van der Waals surface area (Å²) in [5, 5.41) is 39.4. The minimum Gasteiger partial charge on any atom is -0.481 e. The summed E-state index contributed by atoms with van der Waals surface area (Å²) in [4.78, 5) is 81.7. The Balaban J connectivity index is 3.80. The molecule has 0 fully saturated rings. The number of aliphatic hydroxyl groups excluding tert-OH is 2. The van der Waals surface area contributed by atoms with Crippen molar-refractivity contribution in [2.24, 2.45) is 0 Å². The molecule has 0 aliphatic rings. The van der Waals surface area contributed by atoms with Gasteiger partial charge in [0.15, 0.2) is 0 Å². The van der Waals surface area contributed by atoms with Crippen LogP contribution in [0.1, 0.15) is 135 Å². The molecule has 0 heterocycles. The molecule has 0 radical (unpaired) electrons. The van der Waals surface area contributed by atoms with E-state index in [4.69, 9.17) is 10.2 Å². The van der Waals surface area contributed by atoms with Gasteiger partial charge in [-0.3, -0.25) is 28.8 Å². The standard InChI is InChI=1S/C35H63N5O10/c1-27(20-21-32(46)40-29(26-43)35(50)37-23-33(47)39-28(24-41)25-42)38-31(45)18-16-22-36-30(44)17-14-12-10-8-6-4-2-3-5-7-9-11-13-15-19-34(48)49/h24,27-29,42-43H,2-23,25-26H2,1H3,(H,36,44)(H,37,50)(H,38,45)(H,39,47)(H,40,46)(H,48,49)/t27-,28-,29+/m1/s1. The van der Waals surface area contributed by atoms with Gasteiger partial charge in [-0.15, -0.1) is 0 Å². The van der Waals surface area contributed by atoms with Gasteiger partial charge < -0.3 is 46.7 Å². The number of rotatable bonds is 33. The van der Waals surface area contributed by atoms with Gasteiger partial charge in [0.1, 0.15) is 18.4 Å². The number of aliphatic hydroxyl groups is 2. The van der Waals surface area contributed by atoms with Crippen LogP contribution in [0.3, 0.4) is 0 Å². The third-order valence-electron chi connectivity index (χ3n) is 8.12. The fourth-order valence-electron chi connectivity index (χ4n) is 5.15. The topological polar surface area (TPSA) is 240 Å². The summed E-state index contributed by atoms with van der Waals surface area (Å²) in [5.74, 6) is -3.00. The number of carboxylic acids is 1. The molecular weight excluding hydrogens is 650 g/mol. The van der Waals surface area contributed by atoms with E-state index in [2.05, 4.69) is 26.6 Å². The van der Waals surface area contributed by atoms with Gasteiger partial charge in [-0.05, 0) is 32.6 Å². The number of amides is 5. The molecule has 50 heavy (non-hydrogen) atoms. The molecule has 0 aromatic rings. The fraction of sp³-hybridized carbons (Fsp3) is 0.800. The molecule has 0 spiro atoms. The Morgan fingerprint density at radius 3 is 1.56 bits per heavy atom. The van der Waals surface area contributed by atoms with Crippen LogP contribution in [0, 0.1) is 0 Å². The molecular formula is C35H63N5O10. The number of carbonyl (C=O) groups is 7. The van der Waals surface area contributed by atoms with Crippen LogP contribution in [0.5, 0.6) is 0 Å². The monoisotopic (exact) mass is 713 g/mol. The lowest BCUT2D eigenvalue weighted by Crippen LogP contribution is -2.52. The van der Waals surface area contributed by atoms with E-state index in [0.29, 0.717) is 25.7 Å². The van der Waals surface area contributed by atoms with E-state index in [1.54, 1.807) is 6.92 Å². The van der Waals surface area contributed by atoms with Crippen molar-refractivity contribution in [3.05, 3.63) is 0 Å². The predicted molar refractivity (Wildman–Crippen MR) is 188 cm³/mol. The number of hydrogen-bond donors (Lipinski definition) is 8. The summed E-state index contributed by atoms with van der Waals surface area (Å²) < 4.78 is 0. The van der Waals surface area contributed by atoms with E-state index in [0.717, 1.165) is 38.5 Å². The van der Waals surface area contributed by atoms with Crippen LogP contribution in [-0.4, -0.2) is 102 Å². The molecule has 15 heteroatoms. The normalized spacial score (nSPS) is 12.6. The lowest BCUT2D eigenvalue weighted by atomic mass is 10.0. The van der Waals surface area contributed by atoms with Gasteiger partial charge in [0.2, 0.25) is 29.5 Å². The van der Waals surface area contributed by atoms with Gasteiger partial charge in [-0.2, -0.15) is 0 Å². The van der Waals surface area contributed by atoms with Gasteiger partial charge in [-0.25, -0.2) is 0 Å². The molecule has 0 rings (SSSR count). The van der Waals surface area contributed by atoms with Crippen molar-refractivity contribution < 1.29 is 48.9 Å². The molecule has 0 saturated carbocycles. The molecule has 0 saturated heterocycles. The van der Waals surface area contributed by atoms with Crippen LogP contribution in [-0.2, 0) is 33.6 Å². The Morgan fingerprint density at radius 2 is 1.06 bits per heavy atom. The Bertz CT molecular complexity index is 997. The first-order valence-corrected chi connectivity index (χ1v) is 18.3. The van der Waals surface area contributed by atoms with E-state index >= 15 is 0 Å². The third kappa shape index (κ3) is 28.3. The third-order valence-corrected chi connectivity index (χ3v) is 8.12. The average molecular weight is 714 g/mol. The van der Waals surface area contributed by atoms with Crippen LogP contribution in [0.25, 0.3) is 0 Å². The first-order chi connectivity index (χ1) is 24.0. The zero-order valence-electron chi connectivity index (χ0n) is 30.0. The first kappa shape index (κ1) is 46.4. The van der Waals surface area contributed by atoms with E-state index in [-0.39, 0.29) is 43.5 Å². The van der Waals surface area contributed by atoms with Gasteiger partial charge in [0.05, 0.1) is 19.8 Å². The van der Waals surface area contributed by atoms with Crippen LogP contribution in [0.15, 0.2) is 0 Å². The second kappa shape index (κ2) is 31.4. The summed E-state index contributed by atoms with van der Waals surface area (Å²) in [6, 6.07) is -2.73. The van der Waals surface area contributed by atoms with Gasteiger partial charge in [0.25, 0.3) is 0 Å². The number of aliphatic carboxylic acids is 1. The smallest absolute Gasteiger partial charge is 0.303 e. The van der Waals surface area contributed by atoms with Crippen molar-refractivity contribution in [1.29, 1.82) is 0 Å². The first-order valence-electron chi connectivity index (χ1n) is 18.3. The van der Waals surface area contributed by atoms with Crippen molar-refractivity contribution in [1.82, 2.24) is 26.6 Å². The SMILES string of the molecule is C[C@H](CCC(=O)N[C@@H](CO)C(=O)NCC(=O)N[C@H](C=O)CO)NC(=O)CCCNC(=O)CCCCCCCCCCCCCCCCC(=O)O. The largest absolute Gasteiger partial charge is 0.481 e. The molecule has 0 bridgehead atoms. The number of unbranched alkanes of at least 4 members (excludes halogenated alkanes) is 13. The molecule has 0 aliphatic heterocycles. The van der Waals surface area contributed by atoms with Gasteiger partial charge >= 0.3 is 5.97 Å². The maximum Gasteiger partial charge on any atom is 0.303 e. The molecule has 0 aromatic carbocycles. The Morgan fingerprint density at radius 1 is 0.560 bits per heavy atom. The van der Waals surface area contributed by atoms with Crippen LogP contribution < -0.4 is 26.6 Å². The molecule has 8 N–H and O–H groups in total. The van der Waals surface area contributed by atoms with E-state index in [1.165, 1.54) is 51.4 Å². The molecule has 15 nitrogen and oxygen atoms in total. The molecule has 5 amide bonds. The van der Waals surface area contributed by atoms with Crippen molar-refractivity contribution in [2.45, 2.75) is 153 Å². The van der Waals surface area contributed by atoms with E-state index in [1.807, 2.05) is 0 Å². The van der Waals surface area contributed by atoms with Crippen LogP contribution in [0.2, 0.25) is 0 Å². The molecule has 3 atom stereocenters. The number of carboxylic acid groups (broad SMARTS) is 1. The van der Waals surface area contributed by atoms with Crippen molar-refractivity contribution in [2.75, 3.05) is 26.3 Å². The zero-order chi connectivity index (χ0) is 37.4. The maximum absolute atomic E-state index is 12.3. The Labute approximate surface area is 296 Å². The quantitative estimate of drug-likeness (QED) is 0.0362. The average Bonchev–Trinajstić information content (AvgIpc) is 3.09. The number of aldehydes is 1. The summed E-state index contributed by atoms with van der Waals surface area (Å²) in [7, 11) is 0. The summed E-state index contributed by atoms with van der Waals surface area (Å²) in [5.41, 5.74) is 0. The van der Waals surface area contributed by atoms with E-state index in [9.17, 15) is 38.7 Å². The zero-order valence-corrected chi connectivity index (χ0v) is 30.0. The van der Waals surface area contributed by atoms with Crippen LogP contribution >= 0.6 is 0 Å². The second-order valence-electron chi connectivity index (χ2n) is 12.8. The minimum atomic E-state index is -1.30. The minimum absolute atomic E-state index is 0.0157. The van der Waals surface area contributed by atoms with Crippen LogP contribution in [0.4, 0.5) is 0 Å². The van der Waals surface area contributed by atoms with Crippen molar-refractivity contribution in [3.8, 4) is 0 Å². The second-order valence-corrected chi connectivity index (χ2v) is 12.8. The molecule has 0 aliphatic carbocycles. The van der Waals surface area contributed by atoms with E-state index < -0.39 is 55.5 Å². The van der Waals surface area contributed by atoms with Crippen molar-refractivity contribution in [3.63, 3.8) is 0 Å². The molecule has 0 aromatic heterocycles. The molecule has 0 unspecified atom stereocenters. The Kier molecular flexibility index (Phi) is 29.1. The highest BCUT2D eigenvalue weighted by molar-refractivity contribution is 5.91. The number of hydrogen-bond acceptors (Lipinski definition) is 9. The number of carbonyl (C=O) groups excluding carboxylic acids is 6. The molecule has 288 valence electrons. The van der Waals surface area contributed by atoms with Gasteiger partial charge in [0, 0.05) is 38.3 Å².